The van der Waals surface area contributed by atoms with Crippen molar-refractivity contribution in [2.45, 2.75) is 56.1 Å². The van der Waals surface area contributed by atoms with E-state index in [1.54, 1.807) is 0 Å². The molecule has 2 nitrogen and oxygen atoms in total. The minimum Gasteiger partial charge on any atom is -0.390 e. The Morgan fingerprint density at radius 1 is 0.800 bits per heavy atom. The summed E-state index contributed by atoms with van der Waals surface area (Å²) in [6.07, 6.45) is 7.61. The highest BCUT2D eigenvalue weighted by molar-refractivity contribution is 5.16. The van der Waals surface area contributed by atoms with Crippen molar-refractivity contribution in [3.05, 3.63) is 0 Å². The number of hydrogen-bond donors (Lipinski definition) is 2. The van der Waals surface area contributed by atoms with Gasteiger partial charge in [0.2, 0.25) is 0 Å². The summed E-state index contributed by atoms with van der Waals surface area (Å²) in [5.74, 6) is 2.13. The van der Waals surface area contributed by atoms with Crippen LogP contribution in [0.15, 0.2) is 0 Å². The highest BCUT2D eigenvalue weighted by atomic mass is 16.3. The van der Waals surface area contributed by atoms with E-state index in [2.05, 4.69) is 0 Å². The van der Waals surface area contributed by atoms with Crippen molar-refractivity contribution in [1.29, 1.82) is 0 Å². The van der Waals surface area contributed by atoms with E-state index in [9.17, 15) is 10.2 Å². The van der Waals surface area contributed by atoms with Crippen LogP contribution in [0.25, 0.3) is 0 Å². The zero-order valence-electron chi connectivity index (χ0n) is 9.15. The van der Waals surface area contributed by atoms with Crippen LogP contribution in [0.3, 0.4) is 0 Å². The third-order valence-corrected chi connectivity index (χ3v) is 5.70. The normalized spacial score (nSPS) is 62.4. The summed E-state index contributed by atoms with van der Waals surface area (Å²) in [6, 6.07) is 0. The van der Waals surface area contributed by atoms with Gasteiger partial charge >= 0.3 is 0 Å². The molecular weight excluding hydrogens is 188 g/mol. The fraction of sp³-hybridized carbons (Fsp3) is 1.00. The average Bonchev–Trinajstić information content (AvgIpc) is 2.94. The molecule has 5 aliphatic carbocycles. The van der Waals surface area contributed by atoms with Gasteiger partial charge in [-0.3, -0.25) is 0 Å². The van der Waals surface area contributed by atoms with Crippen molar-refractivity contribution in [1.82, 2.24) is 0 Å². The second-order valence-corrected chi connectivity index (χ2v) is 6.73. The summed E-state index contributed by atoms with van der Waals surface area (Å²) < 4.78 is 0. The van der Waals surface area contributed by atoms with Crippen LogP contribution < -0.4 is 0 Å². The molecule has 0 aromatic rings. The summed E-state index contributed by atoms with van der Waals surface area (Å²) in [4.78, 5) is 0. The molecule has 0 amide bonds. The Kier molecular flexibility index (Phi) is 1.46. The van der Waals surface area contributed by atoms with Crippen LogP contribution in [0.5, 0.6) is 0 Å². The number of hydrogen-bond acceptors (Lipinski definition) is 2. The van der Waals surface area contributed by atoms with E-state index in [4.69, 9.17) is 0 Å². The van der Waals surface area contributed by atoms with Gasteiger partial charge in [0.25, 0.3) is 0 Å². The monoisotopic (exact) mass is 208 g/mol. The van der Waals surface area contributed by atoms with E-state index in [0.717, 1.165) is 19.3 Å². The van der Waals surface area contributed by atoms with Crippen molar-refractivity contribution in [2.24, 2.45) is 23.7 Å². The van der Waals surface area contributed by atoms with E-state index in [1.807, 2.05) is 0 Å². The summed E-state index contributed by atoms with van der Waals surface area (Å²) in [5.41, 5.74) is -0.763. The van der Waals surface area contributed by atoms with Crippen LogP contribution in [-0.2, 0) is 0 Å². The Balaban J connectivity index is 1.74. The predicted molar refractivity (Wildman–Crippen MR) is 56.2 cm³/mol. The standard InChI is InChI=1S/C13H20O2/c14-12-5-8-3-10(6-12)13(15,9-1-2-9)11(4-8)7-12/h8-11,14-15H,1-7H2. The van der Waals surface area contributed by atoms with Gasteiger partial charge < -0.3 is 10.2 Å². The first kappa shape index (κ1) is 9.00. The van der Waals surface area contributed by atoms with E-state index >= 15 is 0 Å². The Morgan fingerprint density at radius 2 is 1.40 bits per heavy atom. The lowest BCUT2D eigenvalue weighted by Gasteiger charge is -2.62. The van der Waals surface area contributed by atoms with Crippen molar-refractivity contribution >= 4 is 0 Å². The SMILES string of the molecule is OC12CC3CC(C1)C(O)(C1CC1)C(C3)C2. The topological polar surface area (TPSA) is 40.5 Å². The van der Waals surface area contributed by atoms with Gasteiger partial charge in [-0.1, -0.05) is 0 Å². The van der Waals surface area contributed by atoms with Gasteiger partial charge in [-0.2, -0.15) is 0 Å². The zero-order chi connectivity index (χ0) is 10.3. The number of rotatable bonds is 1. The fourth-order valence-corrected chi connectivity index (χ4v) is 5.19. The maximum absolute atomic E-state index is 10.9. The van der Waals surface area contributed by atoms with Crippen LogP contribution in [0.1, 0.15) is 44.9 Å². The average molecular weight is 208 g/mol. The molecule has 0 heterocycles. The second-order valence-electron chi connectivity index (χ2n) is 6.73. The molecule has 5 aliphatic rings. The highest BCUT2D eigenvalue weighted by Gasteiger charge is 2.65. The molecule has 2 atom stereocenters. The van der Waals surface area contributed by atoms with E-state index in [1.165, 1.54) is 25.7 Å². The van der Waals surface area contributed by atoms with Crippen LogP contribution >= 0.6 is 0 Å². The van der Waals surface area contributed by atoms with E-state index in [-0.39, 0.29) is 5.60 Å². The summed E-state index contributed by atoms with van der Waals surface area (Å²) in [5, 5.41) is 21.4. The van der Waals surface area contributed by atoms with Crippen LogP contribution in [-0.4, -0.2) is 21.4 Å². The summed E-state index contributed by atoms with van der Waals surface area (Å²) >= 11 is 0. The Bertz CT molecular complexity index is 292. The third kappa shape index (κ3) is 1.03. The molecule has 2 unspecified atom stereocenters. The number of aliphatic hydroxyl groups is 2. The smallest absolute Gasteiger partial charge is 0.0734 e. The van der Waals surface area contributed by atoms with Crippen molar-refractivity contribution in [3.8, 4) is 0 Å². The molecule has 4 bridgehead atoms. The highest BCUT2D eigenvalue weighted by Crippen LogP contribution is 2.65. The Labute approximate surface area is 90.7 Å². The van der Waals surface area contributed by atoms with E-state index < -0.39 is 5.60 Å². The molecule has 5 rings (SSSR count). The third-order valence-electron chi connectivity index (χ3n) is 5.70. The van der Waals surface area contributed by atoms with Gasteiger partial charge in [-0.05, 0) is 68.6 Å². The minimum absolute atomic E-state index is 0.372. The van der Waals surface area contributed by atoms with Gasteiger partial charge in [0.1, 0.15) is 0 Å². The second kappa shape index (κ2) is 2.43. The first-order valence-electron chi connectivity index (χ1n) is 6.55. The lowest BCUT2D eigenvalue weighted by molar-refractivity contribution is -0.234. The van der Waals surface area contributed by atoms with Crippen molar-refractivity contribution < 1.29 is 10.2 Å². The first-order valence-corrected chi connectivity index (χ1v) is 6.55. The molecule has 0 aliphatic heterocycles. The van der Waals surface area contributed by atoms with Crippen molar-refractivity contribution in [2.75, 3.05) is 0 Å². The maximum Gasteiger partial charge on any atom is 0.0734 e. The van der Waals surface area contributed by atoms with Gasteiger partial charge in [-0.25, -0.2) is 0 Å². The minimum atomic E-state index is -0.391. The molecule has 0 aromatic heterocycles. The largest absolute Gasteiger partial charge is 0.390 e. The van der Waals surface area contributed by atoms with Crippen molar-refractivity contribution in [3.63, 3.8) is 0 Å². The molecule has 2 N–H and O–H groups in total. The van der Waals surface area contributed by atoms with Crippen LogP contribution in [0.2, 0.25) is 0 Å². The molecule has 15 heavy (non-hydrogen) atoms. The molecule has 5 saturated carbocycles. The molecule has 2 heteroatoms. The fourth-order valence-electron chi connectivity index (χ4n) is 5.19. The lowest BCUT2D eigenvalue weighted by atomic mass is 9.47. The zero-order valence-corrected chi connectivity index (χ0v) is 9.15. The maximum atomic E-state index is 10.9. The predicted octanol–water partition coefficient (Wildman–Crippen LogP) is 1.70. The first-order chi connectivity index (χ1) is 7.10. The Hall–Kier alpha value is -0.0800. The van der Waals surface area contributed by atoms with Crippen LogP contribution in [0, 0.1) is 23.7 Å². The molecular formula is C13H20O2. The molecule has 0 radical (unpaired) electrons. The van der Waals surface area contributed by atoms with Gasteiger partial charge in [0, 0.05) is 0 Å². The molecule has 5 fully saturated rings. The quantitative estimate of drug-likeness (QED) is 0.688. The van der Waals surface area contributed by atoms with Gasteiger partial charge in [-0.15, -0.1) is 0 Å². The summed E-state index contributed by atoms with van der Waals surface area (Å²) in [6.45, 7) is 0. The van der Waals surface area contributed by atoms with Gasteiger partial charge in [0.05, 0.1) is 11.2 Å². The molecule has 84 valence electrons. The molecule has 0 aromatic carbocycles. The lowest BCUT2D eigenvalue weighted by Crippen LogP contribution is -2.64. The molecule has 0 spiro atoms. The summed E-state index contributed by atoms with van der Waals surface area (Å²) in [7, 11) is 0. The van der Waals surface area contributed by atoms with Crippen LogP contribution in [0.4, 0.5) is 0 Å². The molecule has 0 saturated heterocycles. The Morgan fingerprint density at radius 3 is 1.87 bits per heavy atom. The van der Waals surface area contributed by atoms with Gasteiger partial charge in [0.15, 0.2) is 0 Å². The van der Waals surface area contributed by atoms with E-state index in [0.29, 0.717) is 23.7 Å².